The Morgan fingerprint density at radius 2 is 2.07 bits per heavy atom. The lowest BCUT2D eigenvalue weighted by Crippen LogP contribution is -2.30. The fourth-order valence-corrected chi connectivity index (χ4v) is 1.13. The molecule has 15 heavy (non-hydrogen) atoms. The molecule has 0 saturated heterocycles. The van der Waals surface area contributed by atoms with Crippen molar-refractivity contribution in [1.29, 1.82) is 0 Å². The summed E-state index contributed by atoms with van der Waals surface area (Å²) in [7, 11) is 0. The molecule has 0 fully saturated rings. The summed E-state index contributed by atoms with van der Waals surface area (Å²) in [5, 5.41) is 8.53. The number of rotatable bonds is 6. The zero-order valence-electron chi connectivity index (χ0n) is 8.43. The summed E-state index contributed by atoms with van der Waals surface area (Å²) >= 11 is 0. The predicted molar refractivity (Wildman–Crippen MR) is 56.8 cm³/mol. The van der Waals surface area contributed by atoms with Gasteiger partial charge in [0.15, 0.2) is 0 Å². The maximum absolute atomic E-state index is 10.4. The van der Waals surface area contributed by atoms with E-state index in [1.807, 2.05) is 30.3 Å². The number of carboxylic acids is 1. The van der Waals surface area contributed by atoms with Crippen molar-refractivity contribution >= 4 is 5.97 Å². The van der Waals surface area contributed by atoms with Crippen LogP contribution in [0.4, 0.5) is 0 Å². The van der Waals surface area contributed by atoms with Crippen molar-refractivity contribution in [3.8, 4) is 5.75 Å². The number of carboxylic acid groups (broad SMARTS) is 1. The minimum atomic E-state index is -0.963. The van der Waals surface area contributed by atoms with E-state index in [1.54, 1.807) is 0 Å². The molecule has 0 amide bonds. The molecule has 0 heterocycles. The van der Waals surface area contributed by atoms with Crippen LogP contribution in [0.1, 0.15) is 12.8 Å². The third-order valence-electron chi connectivity index (χ3n) is 1.99. The van der Waals surface area contributed by atoms with E-state index in [-0.39, 0.29) is 0 Å². The Kier molecular flexibility index (Phi) is 4.63. The molecule has 1 aromatic carbocycles. The standard InChI is InChI=1S/C11H15NO3/c12-10(11(13)14)7-4-8-15-9-5-2-1-3-6-9/h1-3,5-6,10H,4,7-8,12H2,(H,13,14). The van der Waals surface area contributed by atoms with E-state index in [0.717, 1.165) is 5.75 Å². The van der Waals surface area contributed by atoms with Crippen molar-refractivity contribution in [2.75, 3.05) is 6.61 Å². The Morgan fingerprint density at radius 1 is 1.40 bits per heavy atom. The van der Waals surface area contributed by atoms with Gasteiger partial charge in [0.1, 0.15) is 11.8 Å². The van der Waals surface area contributed by atoms with Gasteiger partial charge in [-0.1, -0.05) is 18.2 Å². The van der Waals surface area contributed by atoms with Crippen molar-refractivity contribution < 1.29 is 14.6 Å². The second-order valence-electron chi connectivity index (χ2n) is 3.25. The van der Waals surface area contributed by atoms with Crippen molar-refractivity contribution in [2.24, 2.45) is 5.73 Å². The summed E-state index contributed by atoms with van der Waals surface area (Å²) in [6.45, 7) is 0.491. The van der Waals surface area contributed by atoms with Crippen LogP contribution in [0.5, 0.6) is 5.75 Å². The highest BCUT2D eigenvalue weighted by atomic mass is 16.5. The van der Waals surface area contributed by atoms with E-state index in [2.05, 4.69) is 0 Å². The fraction of sp³-hybridized carbons (Fsp3) is 0.364. The van der Waals surface area contributed by atoms with E-state index in [0.29, 0.717) is 19.4 Å². The van der Waals surface area contributed by atoms with Gasteiger partial charge >= 0.3 is 5.97 Å². The first-order valence-corrected chi connectivity index (χ1v) is 4.86. The van der Waals surface area contributed by atoms with Crippen LogP contribution in [0, 0.1) is 0 Å². The molecule has 0 aliphatic heterocycles. The maximum atomic E-state index is 10.4. The third kappa shape index (κ3) is 4.46. The minimum Gasteiger partial charge on any atom is -0.494 e. The van der Waals surface area contributed by atoms with Crippen molar-refractivity contribution in [3.63, 3.8) is 0 Å². The molecule has 3 N–H and O–H groups in total. The molecule has 4 heteroatoms. The molecule has 0 spiro atoms. The monoisotopic (exact) mass is 209 g/mol. The van der Waals surface area contributed by atoms with E-state index in [4.69, 9.17) is 15.6 Å². The number of carbonyl (C=O) groups is 1. The van der Waals surface area contributed by atoms with Crippen LogP contribution in [-0.4, -0.2) is 23.7 Å². The van der Waals surface area contributed by atoms with Gasteiger partial charge in [-0.25, -0.2) is 0 Å². The molecule has 4 nitrogen and oxygen atoms in total. The van der Waals surface area contributed by atoms with Gasteiger partial charge in [0.25, 0.3) is 0 Å². The Bertz CT molecular complexity index is 300. The number of aliphatic carboxylic acids is 1. The van der Waals surface area contributed by atoms with Gasteiger partial charge in [0, 0.05) is 0 Å². The summed E-state index contributed by atoms with van der Waals surface area (Å²) in [6.07, 6.45) is 1.07. The number of hydrogen-bond acceptors (Lipinski definition) is 3. The zero-order chi connectivity index (χ0) is 11.1. The average Bonchev–Trinajstić information content (AvgIpc) is 2.25. The Hall–Kier alpha value is -1.55. The second-order valence-corrected chi connectivity index (χ2v) is 3.25. The predicted octanol–water partition coefficient (Wildman–Crippen LogP) is 1.26. The highest BCUT2D eigenvalue weighted by Gasteiger charge is 2.10. The summed E-state index contributed by atoms with van der Waals surface area (Å²) in [4.78, 5) is 10.4. The number of para-hydroxylation sites is 1. The van der Waals surface area contributed by atoms with Gasteiger partial charge in [-0.2, -0.15) is 0 Å². The van der Waals surface area contributed by atoms with Crippen LogP contribution in [0.25, 0.3) is 0 Å². The smallest absolute Gasteiger partial charge is 0.320 e. The summed E-state index contributed by atoms with van der Waals surface area (Å²) in [5.74, 6) is -0.170. The number of ether oxygens (including phenoxy) is 1. The lowest BCUT2D eigenvalue weighted by atomic mass is 10.2. The molecule has 1 rings (SSSR count). The molecule has 0 saturated carbocycles. The molecule has 0 bridgehead atoms. The molecular formula is C11H15NO3. The van der Waals surface area contributed by atoms with E-state index >= 15 is 0 Å². The van der Waals surface area contributed by atoms with Crippen LogP contribution in [0.3, 0.4) is 0 Å². The van der Waals surface area contributed by atoms with Gasteiger partial charge < -0.3 is 15.6 Å². The zero-order valence-corrected chi connectivity index (χ0v) is 8.43. The van der Waals surface area contributed by atoms with E-state index in [9.17, 15) is 4.79 Å². The van der Waals surface area contributed by atoms with Crippen molar-refractivity contribution in [1.82, 2.24) is 0 Å². The van der Waals surface area contributed by atoms with Crippen LogP contribution < -0.4 is 10.5 Å². The van der Waals surface area contributed by atoms with Crippen LogP contribution in [0.2, 0.25) is 0 Å². The molecular weight excluding hydrogens is 194 g/mol. The maximum Gasteiger partial charge on any atom is 0.320 e. The first-order chi connectivity index (χ1) is 7.20. The van der Waals surface area contributed by atoms with Crippen molar-refractivity contribution in [2.45, 2.75) is 18.9 Å². The molecule has 1 atom stereocenters. The highest BCUT2D eigenvalue weighted by molar-refractivity contribution is 5.72. The van der Waals surface area contributed by atoms with E-state index in [1.165, 1.54) is 0 Å². The van der Waals surface area contributed by atoms with Gasteiger partial charge in [-0.3, -0.25) is 4.79 Å². The quantitative estimate of drug-likeness (QED) is 0.692. The SMILES string of the molecule is NC(CCCOc1ccccc1)C(=O)O. The van der Waals surface area contributed by atoms with Crippen molar-refractivity contribution in [3.05, 3.63) is 30.3 Å². The van der Waals surface area contributed by atoms with E-state index < -0.39 is 12.0 Å². The molecule has 0 aliphatic rings. The number of hydrogen-bond donors (Lipinski definition) is 2. The molecule has 82 valence electrons. The summed E-state index contributed by atoms with van der Waals surface area (Å²) in [6, 6.07) is 8.61. The largest absolute Gasteiger partial charge is 0.494 e. The second kappa shape index (κ2) is 6.03. The minimum absolute atomic E-state index is 0.433. The van der Waals surface area contributed by atoms with Gasteiger partial charge in [0.2, 0.25) is 0 Å². The van der Waals surface area contributed by atoms with Gasteiger partial charge in [-0.15, -0.1) is 0 Å². The van der Waals surface area contributed by atoms with Crippen LogP contribution >= 0.6 is 0 Å². The third-order valence-corrected chi connectivity index (χ3v) is 1.99. The molecule has 0 aliphatic carbocycles. The lowest BCUT2D eigenvalue weighted by Gasteiger charge is -2.07. The first kappa shape index (κ1) is 11.5. The lowest BCUT2D eigenvalue weighted by molar-refractivity contribution is -0.138. The molecule has 1 unspecified atom stereocenters. The Labute approximate surface area is 88.7 Å². The van der Waals surface area contributed by atoms with Crippen LogP contribution in [0.15, 0.2) is 30.3 Å². The highest BCUT2D eigenvalue weighted by Crippen LogP contribution is 2.09. The molecule has 1 aromatic rings. The van der Waals surface area contributed by atoms with Gasteiger partial charge in [-0.05, 0) is 25.0 Å². The van der Waals surface area contributed by atoms with Crippen LogP contribution in [-0.2, 0) is 4.79 Å². The first-order valence-electron chi connectivity index (χ1n) is 4.86. The molecule has 0 aromatic heterocycles. The number of benzene rings is 1. The Morgan fingerprint density at radius 3 is 2.67 bits per heavy atom. The average molecular weight is 209 g/mol. The fourth-order valence-electron chi connectivity index (χ4n) is 1.13. The number of nitrogens with two attached hydrogens (primary N) is 1. The summed E-state index contributed by atoms with van der Waals surface area (Å²) < 4.78 is 5.39. The topological polar surface area (TPSA) is 72.5 Å². The normalized spacial score (nSPS) is 12.1. The summed E-state index contributed by atoms with van der Waals surface area (Å²) in [5.41, 5.74) is 5.34. The Balaban J connectivity index is 2.15. The molecule has 0 radical (unpaired) electrons. The van der Waals surface area contributed by atoms with Gasteiger partial charge in [0.05, 0.1) is 6.61 Å².